The van der Waals surface area contributed by atoms with E-state index in [1.807, 2.05) is 25.1 Å². The van der Waals surface area contributed by atoms with Crippen LogP contribution >= 0.6 is 0 Å². The summed E-state index contributed by atoms with van der Waals surface area (Å²) in [4.78, 5) is 12.8. The molecule has 0 spiro atoms. The monoisotopic (exact) mass is 331 g/mol. The van der Waals surface area contributed by atoms with Crippen molar-refractivity contribution >= 4 is 14.8 Å². The molecule has 0 saturated carbocycles. The Balaban J connectivity index is 2.42. The number of nitrogens with zero attached hydrogens (tertiary/aromatic N) is 1. The van der Waals surface area contributed by atoms with E-state index in [-0.39, 0.29) is 17.6 Å². The first-order chi connectivity index (χ1) is 10.7. The maximum absolute atomic E-state index is 12.8. The summed E-state index contributed by atoms with van der Waals surface area (Å²) in [6.07, 6.45) is 0.215. The van der Waals surface area contributed by atoms with Crippen molar-refractivity contribution in [3.05, 3.63) is 46.8 Å². The average Bonchev–Trinajstić information content (AvgIpc) is 2.81. The van der Waals surface area contributed by atoms with E-state index in [4.69, 9.17) is 8.95 Å². The zero-order valence-electron chi connectivity index (χ0n) is 14.8. The molecule has 2 rings (SSSR count). The van der Waals surface area contributed by atoms with Crippen LogP contribution in [-0.4, -0.2) is 20.0 Å². The highest BCUT2D eigenvalue weighted by Crippen LogP contribution is 2.35. The number of ketones is 1. The third-order valence-corrected chi connectivity index (χ3v) is 4.18. The first-order valence-corrected chi connectivity index (χ1v) is 10.7. The van der Waals surface area contributed by atoms with Crippen molar-refractivity contribution in [3.63, 3.8) is 0 Å². The molecule has 0 fully saturated rings. The van der Waals surface area contributed by atoms with Crippen LogP contribution < -0.4 is 4.43 Å². The van der Waals surface area contributed by atoms with E-state index in [0.717, 1.165) is 17.0 Å². The lowest BCUT2D eigenvalue weighted by molar-refractivity contribution is 0.0982. The molecular formula is C18H25NO3Si. The van der Waals surface area contributed by atoms with Gasteiger partial charge in [0.2, 0.25) is 9.04 Å². The predicted octanol–water partition coefficient (Wildman–Crippen LogP) is 4.07. The molecule has 5 heteroatoms. The maximum Gasteiger partial charge on any atom is 0.229 e. The van der Waals surface area contributed by atoms with Gasteiger partial charge in [0.1, 0.15) is 11.5 Å². The van der Waals surface area contributed by atoms with E-state index in [2.05, 4.69) is 39.0 Å². The van der Waals surface area contributed by atoms with Gasteiger partial charge in [-0.05, 0) is 31.5 Å². The van der Waals surface area contributed by atoms with E-state index in [1.165, 1.54) is 0 Å². The molecule has 4 nitrogen and oxygen atoms in total. The third-order valence-electron chi connectivity index (χ3n) is 3.45. The van der Waals surface area contributed by atoms with Gasteiger partial charge >= 0.3 is 0 Å². The molecule has 0 atom stereocenters. The second-order valence-corrected chi connectivity index (χ2v) is 9.46. The Bertz CT molecular complexity index is 699. The highest BCUT2D eigenvalue weighted by Gasteiger charge is 2.26. The van der Waals surface area contributed by atoms with Crippen molar-refractivity contribution in [1.82, 2.24) is 5.16 Å². The van der Waals surface area contributed by atoms with Crippen LogP contribution in [0.4, 0.5) is 0 Å². The van der Waals surface area contributed by atoms with Crippen LogP contribution in [0.15, 0.2) is 28.8 Å². The van der Waals surface area contributed by atoms with E-state index in [1.54, 1.807) is 6.07 Å². The number of hydrogen-bond acceptors (Lipinski definition) is 4. The van der Waals surface area contributed by atoms with Gasteiger partial charge in [-0.2, -0.15) is 0 Å². The summed E-state index contributed by atoms with van der Waals surface area (Å²) >= 11 is 0. The Kier molecular flexibility index (Phi) is 5.09. The first-order valence-electron chi connectivity index (χ1n) is 7.94. The number of benzene rings is 1. The number of aromatic nitrogens is 1. The number of hydrogen-bond donors (Lipinski definition) is 0. The van der Waals surface area contributed by atoms with Gasteiger partial charge in [-0.1, -0.05) is 38.1 Å². The largest absolute Gasteiger partial charge is 0.547 e. The zero-order valence-corrected chi connectivity index (χ0v) is 15.9. The van der Waals surface area contributed by atoms with E-state index < -0.39 is 9.04 Å². The molecular weight excluding hydrogens is 306 g/mol. The Labute approximate surface area is 139 Å². The topological polar surface area (TPSA) is 52.3 Å². The molecule has 0 N–H and O–H groups in total. The molecule has 0 aliphatic rings. The molecule has 1 aromatic carbocycles. The lowest BCUT2D eigenvalue weighted by Gasteiger charge is -2.26. The molecule has 0 amide bonds. The summed E-state index contributed by atoms with van der Waals surface area (Å²) in [6, 6.07) is 7.53. The maximum atomic E-state index is 12.8. The van der Waals surface area contributed by atoms with Crippen molar-refractivity contribution < 1.29 is 13.7 Å². The van der Waals surface area contributed by atoms with Gasteiger partial charge in [0.25, 0.3) is 0 Å². The summed E-state index contributed by atoms with van der Waals surface area (Å²) in [6.45, 7) is 12.4. The number of carbonyl (C=O) groups is 1. The molecule has 0 unspecified atom stereocenters. The third kappa shape index (κ3) is 4.32. The molecule has 0 aliphatic carbocycles. The van der Waals surface area contributed by atoms with Gasteiger partial charge in [0.05, 0.1) is 12.1 Å². The Morgan fingerprint density at radius 3 is 2.52 bits per heavy atom. The zero-order chi connectivity index (χ0) is 17.2. The standard InChI is InChI=1S/C18H25NO3Si/c1-12-10-13(21-19-12)11-15(20)14-8-7-9-16(22-23(5)6)17(14)18(2,3)4/h7-10,23H,11H2,1-6H3. The van der Waals surface area contributed by atoms with Gasteiger partial charge in [-0.3, -0.25) is 4.79 Å². The Morgan fingerprint density at radius 1 is 1.30 bits per heavy atom. The predicted molar refractivity (Wildman–Crippen MR) is 93.9 cm³/mol. The lowest BCUT2D eigenvalue weighted by Crippen LogP contribution is -2.22. The SMILES string of the molecule is Cc1cc(CC(=O)c2cccc(O[SiH](C)C)c2C(C)(C)C)on1. The minimum absolute atomic E-state index is 0.0296. The summed E-state index contributed by atoms with van der Waals surface area (Å²) in [5.74, 6) is 1.46. The number of carbonyl (C=O) groups excluding carboxylic acids is 1. The van der Waals surface area contributed by atoms with Crippen LogP contribution in [-0.2, 0) is 11.8 Å². The van der Waals surface area contributed by atoms with E-state index in [9.17, 15) is 4.79 Å². The minimum atomic E-state index is -1.25. The second kappa shape index (κ2) is 6.70. The summed E-state index contributed by atoms with van der Waals surface area (Å²) in [5.41, 5.74) is 2.29. The van der Waals surface area contributed by atoms with Crippen molar-refractivity contribution in [2.24, 2.45) is 0 Å². The molecule has 0 saturated heterocycles. The van der Waals surface area contributed by atoms with Gasteiger partial charge < -0.3 is 8.95 Å². The summed E-state index contributed by atoms with van der Waals surface area (Å²) in [7, 11) is -1.25. The van der Waals surface area contributed by atoms with Gasteiger partial charge in [-0.15, -0.1) is 0 Å². The van der Waals surface area contributed by atoms with Crippen LogP contribution in [0.5, 0.6) is 5.75 Å². The molecule has 2 aromatic rings. The number of aryl methyl sites for hydroxylation is 1. The fourth-order valence-corrected chi connectivity index (χ4v) is 3.35. The molecule has 23 heavy (non-hydrogen) atoms. The normalized spacial score (nSPS) is 11.8. The van der Waals surface area contributed by atoms with Crippen molar-refractivity contribution in [2.75, 3.05) is 0 Å². The van der Waals surface area contributed by atoms with Gasteiger partial charge in [0, 0.05) is 17.2 Å². The number of rotatable bonds is 5. The van der Waals surface area contributed by atoms with Crippen molar-refractivity contribution in [2.45, 2.75) is 52.6 Å². The number of Topliss-reactive ketones (excluding diaryl/α,β-unsaturated/α-hetero) is 1. The van der Waals surface area contributed by atoms with Gasteiger partial charge in [-0.25, -0.2) is 0 Å². The molecule has 0 bridgehead atoms. The fourth-order valence-electron chi connectivity index (χ4n) is 2.64. The van der Waals surface area contributed by atoms with Gasteiger partial charge in [0.15, 0.2) is 5.78 Å². The lowest BCUT2D eigenvalue weighted by atomic mass is 9.81. The van der Waals surface area contributed by atoms with Crippen LogP contribution in [0.1, 0.15) is 48.1 Å². The summed E-state index contributed by atoms with van der Waals surface area (Å²) in [5, 5.41) is 3.85. The minimum Gasteiger partial charge on any atom is -0.547 e. The average molecular weight is 331 g/mol. The van der Waals surface area contributed by atoms with E-state index >= 15 is 0 Å². The highest BCUT2D eigenvalue weighted by atomic mass is 28.3. The molecule has 0 radical (unpaired) electrons. The Morgan fingerprint density at radius 2 is 2.00 bits per heavy atom. The van der Waals surface area contributed by atoms with E-state index in [0.29, 0.717) is 11.3 Å². The smallest absolute Gasteiger partial charge is 0.229 e. The Hall–Kier alpha value is -1.88. The summed E-state index contributed by atoms with van der Waals surface area (Å²) < 4.78 is 11.2. The van der Waals surface area contributed by atoms with Crippen LogP contribution in [0.2, 0.25) is 13.1 Å². The van der Waals surface area contributed by atoms with Crippen LogP contribution in [0, 0.1) is 6.92 Å². The molecule has 1 aromatic heterocycles. The quantitative estimate of drug-likeness (QED) is 0.612. The molecule has 0 aliphatic heterocycles. The first kappa shape index (κ1) is 17.5. The van der Waals surface area contributed by atoms with Crippen LogP contribution in [0.3, 0.4) is 0 Å². The highest BCUT2D eigenvalue weighted by molar-refractivity contribution is 6.49. The fraction of sp³-hybridized carbons (Fsp3) is 0.444. The van der Waals surface area contributed by atoms with Crippen molar-refractivity contribution in [3.8, 4) is 5.75 Å². The van der Waals surface area contributed by atoms with Crippen molar-refractivity contribution in [1.29, 1.82) is 0 Å². The second-order valence-electron chi connectivity index (χ2n) is 7.13. The van der Waals surface area contributed by atoms with Crippen LogP contribution in [0.25, 0.3) is 0 Å². The molecule has 124 valence electrons. The molecule has 1 heterocycles.